The third kappa shape index (κ3) is 5.32. The average molecular weight is 491 g/mol. The second-order valence-corrected chi connectivity index (χ2v) is 7.80. The van der Waals surface area contributed by atoms with Crippen molar-refractivity contribution >= 4 is 17.4 Å². The number of amides is 1. The van der Waals surface area contributed by atoms with Gasteiger partial charge >= 0.3 is 0 Å². The predicted molar refractivity (Wildman–Crippen MR) is 131 cm³/mol. The second-order valence-electron chi connectivity index (χ2n) is 7.80. The summed E-state index contributed by atoms with van der Waals surface area (Å²) in [7, 11) is 1.57. The van der Waals surface area contributed by atoms with E-state index in [0.29, 0.717) is 35.9 Å². The largest absolute Gasteiger partial charge is 0.493 e. The average Bonchev–Trinajstić information content (AvgIpc) is 3.52. The van der Waals surface area contributed by atoms with Gasteiger partial charge in [-0.1, -0.05) is 48.9 Å². The van der Waals surface area contributed by atoms with Crippen LogP contribution >= 0.6 is 0 Å². The fraction of sp³-hybridized carbons (Fsp3) is 0.250. The number of benzene rings is 2. The van der Waals surface area contributed by atoms with Gasteiger partial charge in [-0.15, -0.1) is 5.10 Å². The number of carbonyl (C=O) groups excluding carboxylic acids is 1. The van der Waals surface area contributed by atoms with Gasteiger partial charge in [0.05, 0.1) is 18.5 Å². The SMILES string of the molecule is CCCc1c(C(=O)N/N=C(\C)c2ccc(OCc3ccccc3)c(OC)c2)nnn1-c1nonc1N. The quantitative estimate of drug-likeness (QED) is 0.252. The molecule has 1 amide bonds. The van der Waals surface area contributed by atoms with Gasteiger partial charge in [0.15, 0.2) is 17.2 Å². The Labute approximate surface area is 207 Å². The molecule has 0 aliphatic rings. The van der Waals surface area contributed by atoms with Crippen molar-refractivity contribution in [3.05, 3.63) is 71.0 Å². The van der Waals surface area contributed by atoms with Crippen molar-refractivity contribution in [2.75, 3.05) is 12.8 Å². The van der Waals surface area contributed by atoms with E-state index in [1.165, 1.54) is 4.68 Å². The van der Waals surface area contributed by atoms with Gasteiger partial charge in [0.2, 0.25) is 11.6 Å². The van der Waals surface area contributed by atoms with Gasteiger partial charge in [-0.2, -0.15) is 9.78 Å². The van der Waals surface area contributed by atoms with E-state index in [2.05, 4.69) is 35.8 Å². The van der Waals surface area contributed by atoms with Crippen molar-refractivity contribution < 1.29 is 18.9 Å². The summed E-state index contributed by atoms with van der Waals surface area (Å²) >= 11 is 0. The molecule has 0 saturated carbocycles. The standard InChI is InChI=1S/C24H26N8O4/c1-4-8-18-21(27-31-32(18)23-22(25)29-36-30-23)24(33)28-26-15(2)17-11-12-19(20(13-17)34-3)35-14-16-9-6-5-7-10-16/h5-7,9-13H,4,8,14H2,1-3H3,(H2,25,29)(H,28,33)/b26-15+. The molecule has 0 radical (unpaired) electrons. The molecule has 12 heteroatoms. The highest BCUT2D eigenvalue weighted by molar-refractivity contribution is 6.01. The number of nitrogens with one attached hydrogen (secondary N) is 1. The maximum atomic E-state index is 12.9. The number of hydrazone groups is 1. The van der Waals surface area contributed by atoms with Crippen LogP contribution in [0.25, 0.3) is 5.82 Å². The Balaban J connectivity index is 1.49. The van der Waals surface area contributed by atoms with Crippen LogP contribution < -0.4 is 20.6 Å². The lowest BCUT2D eigenvalue weighted by atomic mass is 10.1. The zero-order valence-electron chi connectivity index (χ0n) is 20.1. The number of methoxy groups -OCH3 is 1. The number of hydrogen-bond acceptors (Lipinski definition) is 10. The van der Waals surface area contributed by atoms with Crippen LogP contribution in [0.4, 0.5) is 5.82 Å². The maximum absolute atomic E-state index is 12.9. The Bertz CT molecular complexity index is 1360. The van der Waals surface area contributed by atoms with E-state index in [1.807, 2.05) is 43.3 Å². The van der Waals surface area contributed by atoms with Crippen LogP contribution in [0, 0.1) is 0 Å². The smallest absolute Gasteiger partial charge is 0.293 e. The van der Waals surface area contributed by atoms with E-state index in [1.54, 1.807) is 26.2 Å². The molecule has 0 bridgehead atoms. The summed E-state index contributed by atoms with van der Waals surface area (Å²) in [5, 5.41) is 19.5. The molecule has 0 saturated heterocycles. The molecule has 3 N–H and O–H groups in total. The van der Waals surface area contributed by atoms with Crippen LogP contribution in [0.3, 0.4) is 0 Å². The van der Waals surface area contributed by atoms with Crippen LogP contribution in [-0.2, 0) is 13.0 Å². The number of ether oxygens (including phenoxy) is 2. The minimum atomic E-state index is -0.520. The fourth-order valence-corrected chi connectivity index (χ4v) is 3.45. The first-order valence-corrected chi connectivity index (χ1v) is 11.2. The van der Waals surface area contributed by atoms with Crippen molar-refractivity contribution in [2.24, 2.45) is 5.10 Å². The van der Waals surface area contributed by atoms with Crippen molar-refractivity contribution in [3.8, 4) is 17.3 Å². The van der Waals surface area contributed by atoms with Crippen molar-refractivity contribution in [1.29, 1.82) is 0 Å². The van der Waals surface area contributed by atoms with Crippen LogP contribution in [0.15, 0.2) is 58.3 Å². The van der Waals surface area contributed by atoms with E-state index in [-0.39, 0.29) is 17.3 Å². The molecule has 186 valence electrons. The Morgan fingerprint density at radius 3 is 2.67 bits per heavy atom. The lowest BCUT2D eigenvalue weighted by Crippen LogP contribution is -2.21. The second kappa shape index (κ2) is 11.1. The normalized spacial score (nSPS) is 11.4. The molecule has 4 rings (SSSR count). The number of hydrogen-bond donors (Lipinski definition) is 2. The highest BCUT2D eigenvalue weighted by Gasteiger charge is 2.23. The molecule has 2 aromatic heterocycles. The number of anilines is 1. The third-order valence-corrected chi connectivity index (χ3v) is 5.30. The lowest BCUT2D eigenvalue weighted by Gasteiger charge is -2.12. The maximum Gasteiger partial charge on any atom is 0.293 e. The molecule has 4 aromatic rings. The molecular formula is C24H26N8O4. The molecule has 0 atom stereocenters. The van der Waals surface area contributed by atoms with Crippen LogP contribution in [0.1, 0.15) is 47.6 Å². The minimum absolute atomic E-state index is 0.0446. The van der Waals surface area contributed by atoms with E-state index in [4.69, 9.17) is 15.2 Å². The van der Waals surface area contributed by atoms with Gasteiger partial charge in [0.1, 0.15) is 6.61 Å². The molecule has 2 heterocycles. The fourth-order valence-electron chi connectivity index (χ4n) is 3.45. The molecule has 0 unspecified atom stereocenters. The van der Waals surface area contributed by atoms with Crippen molar-refractivity contribution in [1.82, 2.24) is 30.7 Å². The van der Waals surface area contributed by atoms with E-state index >= 15 is 0 Å². The highest BCUT2D eigenvalue weighted by Crippen LogP contribution is 2.29. The molecular weight excluding hydrogens is 464 g/mol. The first-order valence-electron chi connectivity index (χ1n) is 11.2. The van der Waals surface area contributed by atoms with Gasteiger partial charge in [0, 0.05) is 5.56 Å². The van der Waals surface area contributed by atoms with Crippen LogP contribution in [0.5, 0.6) is 11.5 Å². The number of rotatable bonds is 10. The summed E-state index contributed by atoms with van der Waals surface area (Å²) in [6.45, 7) is 4.15. The van der Waals surface area contributed by atoms with Crippen LogP contribution in [-0.4, -0.2) is 44.0 Å². The lowest BCUT2D eigenvalue weighted by molar-refractivity contribution is 0.0948. The van der Waals surface area contributed by atoms with Crippen molar-refractivity contribution in [2.45, 2.75) is 33.3 Å². The van der Waals surface area contributed by atoms with Crippen LogP contribution in [0.2, 0.25) is 0 Å². The zero-order valence-corrected chi connectivity index (χ0v) is 20.1. The summed E-state index contributed by atoms with van der Waals surface area (Å²) in [5.74, 6) is 0.851. The first kappa shape index (κ1) is 24.4. The molecule has 36 heavy (non-hydrogen) atoms. The van der Waals surface area contributed by atoms with Gasteiger partial charge < -0.3 is 15.2 Å². The summed E-state index contributed by atoms with van der Waals surface area (Å²) in [4.78, 5) is 12.9. The van der Waals surface area contributed by atoms with Gasteiger partial charge in [-0.25, -0.2) is 10.1 Å². The molecule has 0 aliphatic carbocycles. The summed E-state index contributed by atoms with van der Waals surface area (Å²) in [5.41, 5.74) is 11.3. The first-order chi connectivity index (χ1) is 17.5. The minimum Gasteiger partial charge on any atom is -0.493 e. The Morgan fingerprint density at radius 1 is 1.17 bits per heavy atom. The topological polar surface area (TPSA) is 156 Å². The Hall–Kier alpha value is -4.74. The number of carbonyl (C=O) groups is 1. The van der Waals surface area contributed by atoms with E-state index in [0.717, 1.165) is 17.5 Å². The number of nitrogens with zero attached hydrogens (tertiary/aromatic N) is 6. The molecule has 0 aliphatic heterocycles. The predicted octanol–water partition coefficient (Wildman–Crippen LogP) is 2.93. The van der Waals surface area contributed by atoms with E-state index in [9.17, 15) is 4.79 Å². The van der Waals surface area contributed by atoms with Gasteiger partial charge in [-0.05, 0) is 47.4 Å². The molecule has 12 nitrogen and oxygen atoms in total. The summed E-state index contributed by atoms with van der Waals surface area (Å²) in [6.07, 6.45) is 1.24. The Morgan fingerprint density at radius 2 is 1.97 bits per heavy atom. The number of aromatic nitrogens is 5. The summed E-state index contributed by atoms with van der Waals surface area (Å²) in [6, 6.07) is 15.3. The van der Waals surface area contributed by atoms with E-state index < -0.39 is 5.91 Å². The zero-order chi connectivity index (χ0) is 25.5. The number of nitrogens with two attached hydrogens (primary N) is 1. The third-order valence-electron chi connectivity index (χ3n) is 5.30. The Kier molecular flexibility index (Phi) is 7.54. The molecule has 0 spiro atoms. The molecule has 2 aromatic carbocycles. The van der Waals surface area contributed by atoms with Gasteiger partial charge in [-0.3, -0.25) is 4.79 Å². The highest BCUT2D eigenvalue weighted by atomic mass is 16.6. The summed E-state index contributed by atoms with van der Waals surface area (Å²) < 4.78 is 17.4. The monoisotopic (exact) mass is 490 g/mol. The number of nitrogen functional groups attached to an aromatic ring is 1. The molecule has 0 fully saturated rings. The van der Waals surface area contributed by atoms with Gasteiger partial charge in [0.25, 0.3) is 5.91 Å². The van der Waals surface area contributed by atoms with Crippen molar-refractivity contribution in [3.63, 3.8) is 0 Å².